The van der Waals surface area contributed by atoms with Crippen LogP contribution in [0.3, 0.4) is 0 Å². The van der Waals surface area contributed by atoms with Gasteiger partial charge >= 0.3 is 5.97 Å². The minimum atomic E-state index is -0.412. The molecule has 0 spiro atoms. The van der Waals surface area contributed by atoms with E-state index < -0.39 is 5.82 Å². The van der Waals surface area contributed by atoms with Crippen LogP contribution >= 0.6 is 0 Å². The highest BCUT2D eigenvalue weighted by Crippen LogP contribution is 2.06. The van der Waals surface area contributed by atoms with Crippen LogP contribution in [0.1, 0.15) is 18.9 Å². The molecule has 0 saturated heterocycles. The molecule has 0 atom stereocenters. The third-order valence-electron chi connectivity index (χ3n) is 2.15. The number of halogens is 1. The minimum absolute atomic E-state index is 0.240. The molecule has 0 N–H and O–H groups in total. The molecular weight excluding hydrogens is 213 g/mol. The van der Waals surface area contributed by atoms with Crippen molar-refractivity contribution in [1.82, 2.24) is 4.57 Å². The van der Waals surface area contributed by atoms with Gasteiger partial charge in [-0.05, 0) is 18.4 Å². The molecule has 1 heterocycles. The molecule has 1 aromatic heterocycles. The number of hydrogen-bond acceptors (Lipinski definition) is 3. The number of aryl methyl sites for hydroxylation is 2. The Morgan fingerprint density at radius 3 is 2.88 bits per heavy atom. The van der Waals surface area contributed by atoms with Crippen molar-refractivity contribution >= 4 is 5.97 Å². The second-order valence-corrected chi connectivity index (χ2v) is 3.54. The lowest BCUT2D eigenvalue weighted by Crippen LogP contribution is -2.17. The summed E-state index contributed by atoms with van der Waals surface area (Å²) in [6, 6.07) is 1.27. The van der Waals surface area contributed by atoms with Gasteiger partial charge in [-0.3, -0.25) is 9.59 Å². The summed E-state index contributed by atoms with van der Waals surface area (Å²) in [5, 5.41) is 0. The van der Waals surface area contributed by atoms with Crippen LogP contribution in [0.15, 0.2) is 17.1 Å². The number of nitrogens with zero attached hydrogens (tertiary/aromatic N) is 1. The number of aromatic nitrogens is 1. The third kappa shape index (κ3) is 3.49. The van der Waals surface area contributed by atoms with Gasteiger partial charge in [-0.25, -0.2) is 4.39 Å². The molecule has 4 nitrogen and oxygen atoms in total. The van der Waals surface area contributed by atoms with E-state index >= 15 is 0 Å². The second kappa shape index (κ2) is 5.44. The van der Waals surface area contributed by atoms with Gasteiger partial charge in [0.1, 0.15) is 5.82 Å². The quantitative estimate of drug-likeness (QED) is 0.570. The van der Waals surface area contributed by atoms with Gasteiger partial charge in [0.05, 0.1) is 6.61 Å². The molecule has 0 aliphatic heterocycles. The van der Waals surface area contributed by atoms with Crippen molar-refractivity contribution < 1.29 is 13.9 Å². The van der Waals surface area contributed by atoms with Crippen molar-refractivity contribution in [2.24, 2.45) is 7.05 Å². The summed E-state index contributed by atoms with van der Waals surface area (Å²) < 4.78 is 19.2. The highest BCUT2D eigenvalue weighted by molar-refractivity contribution is 5.65. The maximum Gasteiger partial charge on any atom is 0.302 e. The first-order valence-corrected chi connectivity index (χ1v) is 4.99. The van der Waals surface area contributed by atoms with Crippen molar-refractivity contribution in [2.45, 2.75) is 19.8 Å². The predicted molar refractivity (Wildman–Crippen MR) is 56.6 cm³/mol. The van der Waals surface area contributed by atoms with E-state index in [4.69, 9.17) is 4.74 Å². The van der Waals surface area contributed by atoms with Gasteiger partial charge in [0.2, 0.25) is 0 Å². The van der Waals surface area contributed by atoms with Crippen molar-refractivity contribution in [3.63, 3.8) is 0 Å². The Hall–Kier alpha value is -1.65. The van der Waals surface area contributed by atoms with E-state index in [9.17, 15) is 14.0 Å². The molecule has 0 radical (unpaired) electrons. The fourth-order valence-corrected chi connectivity index (χ4v) is 1.31. The maximum atomic E-state index is 13.3. The van der Waals surface area contributed by atoms with Gasteiger partial charge in [0.25, 0.3) is 5.56 Å². The molecule has 0 saturated carbocycles. The molecule has 1 aromatic rings. The van der Waals surface area contributed by atoms with Crippen molar-refractivity contribution in [3.05, 3.63) is 34.0 Å². The predicted octanol–water partition coefficient (Wildman–Crippen LogP) is 1.02. The first-order valence-electron chi connectivity index (χ1n) is 4.99. The van der Waals surface area contributed by atoms with Gasteiger partial charge in [0.15, 0.2) is 0 Å². The normalized spacial score (nSPS) is 10.2. The number of carbonyl (C=O) groups excluding carboxylic acids is 1. The highest BCUT2D eigenvalue weighted by atomic mass is 19.1. The third-order valence-corrected chi connectivity index (χ3v) is 2.15. The molecular formula is C11H14FNO3. The van der Waals surface area contributed by atoms with Crippen LogP contribution in [0.5, 0.6) is 0 Å². The monoisotopic (exact) mass is 227 g/mol. The van der Waals surface area contributed by atoms with E-state index in [1.165, 1.54) is 24.6 Å². The summed E-state index contributed by atoms with van der Waals surface area (Å²) in [6.45, 7) is 1.56. The van der Waals surface area contributed by atoms with Crippen LogP contribution in [0.2, 0.25) is 0 Å². The Balaban J connectivity index is 2.57. The van der Waals surface area contributed by atoms with E-state index in [2.05, 4.69) is 0 Å². The number of hydrogen-bond donors (Lipinski definition) is 0. The molecule has 88 valence electrons. The molecule has 0 bridgehead atoms. The Labute approximate surface area is 92.7 Å². The molecule has 5 heteroatoms. The molecule has 0 aliphatic rings. The fourth-order valence-electron chi connectivity index (χ4n) is 1.31. The van der Waals surface area contributed by atoms with Crippen LogP contribution in [0.25, 0.3) is 0 Å². The molecule has 0 aromatic carbocycles. The summed E-state index contributed by atoms with van der Waals surface area (Å²) in [5.74, 6) is -0.769. The maximum absolute atomic E-state index is 13.3. The summed E-state index contributed by atoms with van der Waals surface area (Å²) in [6.07, 6.45) is 2.04. The van der Waals surface area contributed by atoms with Crippen LogP contribution in [-0.4, -0.2) is 17.1 Å². The Morgan fingerprint density at radius 2 is 2.25 bits per heavy atom. The first-order chi connectivity index (χ1) is 7.50. The zero-order valence-electron chi connectivity index (χ0n) is 9.33. The summed E-state index contributed by atoms with van der Waals surface area (Å²) >= 11 is 0. The molecule has 0 amide bonds. The summed E-state index contributed by atoms with van der Waals surface area (Å²) in [5.41, 5.74) is 0.110. The number of rotatable bonds is 4. The van der Waals surface area contributed by atoms with E-state index in [0.717, 1.165) is 6.20 Å². The number of carbonyl (C=O) groups is 1. The zero-order chi connectivity index (χ0) is 12.1. The average Bonchev–Trinajstić information content (AvgIpc) is 2.19. The minimum Gasteiger partial charge on any atom is -0.466 e. The topological polar surface area (TPSA) is 48.3 Å². The second-order valence-electron chi connectivity index (χ2n) is 3.54. The molecule has 0 aliphatic carbocycles. The van der Waals surface area contributed by atoms with E-state index in [-0.39, 0.29) is 18.1 Å². The van der Waals surface area contributed by atoms with Gasteiger partial charge in [-0.15, -0.1) is 0 Å². The molecule has 1 rings (SSSR count). The zero-order valence-corrected chi connectivity index (χ0v) is 9.33. The lowest BCUT2D eigenvalue weighted by Gasteiger charge is -2.05. The SMILES string of the molecule is CC(=O)OCCCc1cc(=O)n(C)cc1F. The first kappa shape index (κ1) is 12.4. The number of pyridine rings is 1. The van der Waals surface area contributed by atoms with Crippen LogP contribution in [-0.2, 0) is 23.0 Å². The van der Waals surface area contributed by atoms with Crippen LogP contribution < -0.4 is 5.56 Å². The Morgan fingerprint density at radius 1 is 1.56 bits per heavy atom. The van der Waals surface area contributed by atoms with Crippen LogP contribution in [0.4, 0.5) is 4.39 Å². The van der Waals surface area contributed by atoms with Crippen LogP contribution in [0, 0.1) is 5.82 Å². The van der Waals surface area contributed by atoms with Crippen molar-refractivity contribution in [1.29, 1.82) is 0 Å². The number of ether oxygens (including phenoxy) is 1. The summed E-state index contributed by atoms with van der Waals surface area (Å²) in [7, 11) is 1.49. The van der Waals surface area contributed by atoms with E-state index in [0.29, 0.717) is 18.4 Å². The number of esters is 1. The van der Waals surface area contributed by atoms with E-state index in [1.54, 1.807) is 0 Å². The molecule has 16 heavy (non-hydrogen) atoms. The fraction of sp³-hybridized carbons (Fsp3) is 0.455. The lowest BCUT2D eigenvalue weighted by atomic mass is 10.1. The lowest BCUT2D eigenvalue weighted by molar-refractivity contribution is -0.141. The van der Waals surface area contributed by atoms with Crippen molar-refractivity contribution in [3.8, 4) is 0 Å². The average molecular weight is 227 g/mol. The standard InChI is InChI=1S/C11H14FNO3/c1-8(14)16-5-3-4-9-6-11(15)13(2)7-10(9)12/h6-7H,3-5H2,1-2H3. The van der Waals surface area contributed by atoms with Crippen molar-refractivity contribution in [2.75, 3.05) is 6.61 Å². The van der Waals surface area contributed by atoms with Gasteiger partial charge in [-0.2, -0.15) is 0 Å². The molecule has 0 fully saturated rings. The molecule has 0 unspecified atom stereocenters. The van der Waals surface area contributed by atoms with Gasteiger partial charge < -0.3 is 9.30 Å². The smallest absolute Gasteiger partial charge is 0.302 e. The summed E-state index contributed by atoms with van der Waals surface area (Å²) in [4.78, 5) is 21.7. The Kier molecular flexibility index (Phi) is 4.22. The van der Waals surface area contributed by atoms with E-state index in [1.807, 2.05) is 0 Å². The van der Waals surface area contributed by atoms with Gasteiger partial charge in [0, 0.05) is 26.2 Å². The van der Waals surface area contributed by atoms with Gasteiger partial charge in [-0.1, -0.05) is 0 Å². The highest BCUT2D eigenvalue weighted by Gasteiger charge is 2.05. The largest absolute Gasteiger partial charge is 0.466 e. The Bertz CT molecular complexity index is 439.